The van der Waals surface area contributed by atoms with Crippen LogP contribution in [0.25, 0.3) is 0 Å². The molecule has 4 heterocycles. The number of benzene rings is 1. The number of esters is 1. The Morgan fingerprint density at radius 1 is 1.30 bits per heavy atom. The Bertz CT molecular complexity index is 768. The lowest BCUT2D eigenvalue weighted by Gasteiger charge is -2.61. The first-order chi connectivity index (χ1) is 13.1. The van der Waals surface area contributed by atoms with Crippen LogP contribution in [0.2, 0.25) is 0 Å². The minimum absolute atomic E-state index is 0.0404. The lowest BCUT2D eigenvalue weighted by Crippen LogP contribution is -2.74. The van der Waals surface area contributed by atoms with Gasteiger partial charge in [-0.15, -0.1) is 0 Å². The van der Waals surface area contributed by atoms with Gasteiger partial charge in [-0.1, -0.05) is 31.5 Å². The Morgan fingerprint density at radius 3 is 2.89 bits per heavy atom. The maximum absolute atomic E-state index is 12.9. The van der Waals surface area contributed by atoms with Gasteiger partial charge in [0.1, 0.15) is 0 Å². The first-order valence-electron chi connectivity index (χ1n) is 10.5. The van der Waals surface area contributed by atoms with Crippen LogP contribution in [0, 0.1) is 5.41 Å². The Hall–Kier alpha value is -1.59. The van der Waals surface area contributed by atoms with E-state index in [1.165, 1.54) is 25.5 Å². The van der Waals surface area contributed by atoms with E-state index in [1.54, 1.807) is 0 Å². The molecule has 5 rings (SSSR count). The summed E-state index contributed by atoms with van der Waals surface area (Å²) < 4.78 is 5.15. The molecule has 3 fully saturated rings. The second kappa shape index (κ2) is 5.95. The number of anilines is 1. The van der Waals surface area contributed by atoms with E-state index in [0.717, 1.165) is 38.0 Å². The Balaban J connectivity index is 1.74. The number of carbonyl (C=O) groups is 1. The smallest absolute Gasteiger partial charge is 0.359 e. The van der Waals surface area contributed by atoms with Crippen molar-refractivity contribution in [3.63, 3.8) is 0 Å². The molecule has 0 radical (unpaired) electrons. The summed E-state index contributed by atoms with van der Waals surface area (Å²) in [6.07, 6.45) is 5.99. The van der Waals surface area contributed by atoms with Gasteiger partial charge in [0.2, 0.25) is 5.72 Å². The third kappa shape index (κ3) is 2.16. The van der Waals surface area contributed by atoms with Crippen LogP contribution < -0.4 is 4.90 Å². The molecule has 27 heavy (non-hydrogen) atoms. The molecule has 0 amide bonds. The molecule has 1 N–H and O–H groups in total. The number of hydrogen-bond acceptors (Lipinski definition) is 5. The molecular weight excluding hydrogens is 340 g/mol. The number of nitrogens with zero attached hydrogens (tertiary/aromatic N) is 2. The minimum atomic E-state index is -1.58. The highest BCUT2D eigenvalue weighted by Crippen LogP contribution is 2.61. The van der Waals surface area contributed by atoms with Crippen LogP contribution >= 0.6 is 0 Å². The summed E-state index contributed by atoms with van der Waals surface area (Å²) in [5.74, 6) is -0.131. The largest absolute Gasteiger partial charge is 0.465 e. The van der Waals surface area contributed by atoms with E-state index in [9.17, 15) is 9.90 Å². The van der Waals surface area contributed by atoms with Crippen LogP contribution in [0.3, 0.4) is 0 Å². The number of fused-ring (bicyclic) bond motifs is 3. The summed E-state index contributed by atoms with van der Waals surface area (Å²) in [5, 5.41) is 11.8. The van der Waals surface area contributed by atoms with Crippen LogP contribution in [0.5, 0.6) is 0 Å². The van der Waals surface area contributed by atoms with E-state index in [0.29, 0.717) is 18.4 Å². The lowest BCUT2D eigenvalue weighted by molar-refractivity contribution is -0.178. The van der Waals surface area contributed by atoms with E-state index in [4.69, 9.17) is 4.74 Å². The quantitative estimate of drug-likeness (QED) is 0.812. The van der Waals surface area contributed by atoms with E-state index in [2.05, 4.69) is 34.9 Å². The van der Waals surface area contributed by atoms with Gasteiger partial charge in [-0.2, -0.15) is 0 Å². The van der Waals surface area contributed by atoms with Crippen LogP contribution in [0.4, 0.5) is 5.69 Å². The summed E-state index contributed by atoms with van der Waals surface area (Å²) in [5.41, 5.74) is 0.697. The van der Waals surface area contributed by atoms with Gasteiger partial charge in [-0.05, 0) is 55.8 Å². The molecule has 0 aromatic heterocycles. The molecule has 5 atom stereocenters. The molecule has 5 nitrogen and oxygen atoms in total. The Morgan fingerprint density at radius 2 is 2.11 bits per heavy atom. The topological polar surface area (TPSA) is 53.0 Å². The summed E-state index contributed by atoms with van der Waals surface area (Å²) in [6, 6.07) is 8.90. The zero-order chi connectivity index (χ0) is 18.8. The molecule has 0 bridgehead atoms. The SMILES string of the molecule is CCC12CCCCN3CCC4c5ccccc5N(C4C31)C(O)(C(=O)OC)C2. The van der Waals surface area contributed by atoms with Gasteiger partial charge in [0.05, 0.1) is 13.2 Å². The first-order valence-corrected chi connectivity index (χ1v) is 10.5. The fraction of sp³-hybridized carbons (Fsp3) is 0.682. The van der Waals surface area contributed by atoms with Crippen molar-refractivity contribution in [2.75, 3.05) is 25.1 Å². The van der Waals surface area contributed by atoms with Crippen molar-refractivity contribution >= 4 is 11.7 Å². The van der Waals surface area contributed by atoms with Crippen molar-refractivity contribution in [3.8, 4) is 0 Å². The lowest BCUT2D eigenvalue weighted by atomic mass is 9.60. The normalized spacial score (nSPS) is 40.1. The van der Waals surface area contributed by atoms with Crippen molar-refractivity contribution < 1.29 is 14.6 Å². The predicted molar refractivity (Wildman–Crippen MR) is 104 cm³/mol. The van der Waals surface area contributed by atoms with E-state index >= 15 is 0 Å². The Kier molecular flexibility index (Phi) is 3.86. The zero-order valence-electron chi connectivity index (χ0n) is 16.4. The number of hydrogen-bond donors (Lipinski definition) is 1. The summed E-state index contributed by atoms with van der Waals surface area (Å²) >= 11 is 0. The molecule has 4 aliphatic heterocycles. The number of aliphatic hydroxyl groups is 1. The maximum atomic E-state index is 12.9. The molecule has 0 saturated carbocycles. The number of ether oxygens (including phenoxy) is 1. The molecule has 0 aliphatic carbocycles. The molecule has 5 heteroatoms. The summed E-state index contributed by atoms with van der Waals surface area (Å²) in [6.45, 7) is 4.49. The van der Waals surface area contributed by atoms with Gasteiger partial charge < -0.3 is 14.7 Å². The predicted octanol–water partition coefficient (Wildman–Crippen LogP) is 2.88. The Labute approximate surface area is 161 Å². The average molecular weight is 370 g/mol. The van der Waals surface area contributed by atoms with Gasteiger partial charge >= 0.3 is 5.97 Å². The fourth-order valence-electron chi connectivity index (χ4n) is 6.89. The average Bonchev–Trinajstić information content (AvgIpc) is 2.93. The summed E-state index contributed by atoms with van der Waals surface area (Å²) in [7, 11) is 1.39. The number of carbonyl (C=O) groups excluding carboxylic acids is 1. The van der Waals surface area contributed by atoms with Gasteiger partial charge in [0.25, 0.3) is 0 Å². The van der Waals surface area contributed by atoms with Crippen LogP contribution in [0.1, 0.15) is 56.9 Å². The van der Waals surface area contributed by atoms with Crippen LogP contribution in [-0.4, -0.2) is 54.0 Å². The summed E-state index contributed by atoms with van der Waals surface area (Å²) in [4.78, 5) is 17.7. The van der Waals surface area contributed by atoms with Crippen molar-refractivity contribution in [2.24, 2.45) is 5.41 Å². The van der Waals surface area contributed by atoms with Gasteiger partial charge in [0, 0.05) is 24.1 Å². The molecule has 146 valence electrons. The van der Waals surface area contributed by atoms with Gasteiger partial charge in [0.15, 0.2) is 0 Å². The fourth-order valence-corrected chi connectivity index (χ4v) is 6.89. The second-order valence-electron chi connectivity index (χ2n) is 8.95. The standard InChI is InChI=1S/C22H30N2O3/c1-3-21-11-6-7-12-23-13-10-16-15-8-4-5-9-17(15)24(18(16)19(21)23)22(26,14-21)20(25)27-2/h4-5,8-9,16,18-19,26H,3,6-7,10-14H2,1-2H3. The molecule has 4 aliphatic rings. The molecule has 3 saturated heterocycles. The zero-order valence-corrected chi connectivity index (χ0v) is 16.4. The first kappa shape index (κ1) is 17.5. The highest BCUT2D eigenvalue weighted by molar-refractivity contribution is 5.86. The van der Waals surface area contributed by atoms with Crippen LogP contribution in [0.15, 0.2) is 24.3 Å². The van der Waals surface area contributed by atoms with Gasteiger partial charge in [-0.3, -0.25) is 4.90 Å². The highest BCUT2D eigenvalue weighted by atomic mass is 16.5. The monoisotopic (exact) mass is 370 g/mol. The third-order valence-electron chi connectivity index (χ3n) is 7.96. The van der Waals surface area contributed by atoms with Crippen LogP contribution in [-0.2, 0) is 9.53 Å². The van der Waals surface area contributed by atoms with Crippen molar-refractivity contribution in [2.45, 2.75) is 69.2 Å². The van der Waals surface area contributed by atoms with Crippen molar-refractivity contribution in [1.29, 1.82) is 0 Å². The molecule has 0 spiro atoms. The van der Waals surface area contributed by atoms with E-state index < -0.39 is 11.7 Å². The molecular formula is C22H30N2O3. The number of para-hydroxylation sites is 1. The van der Waals surface area contributed by atoms with Crippen molar-refractivity contribution in [3.05, 3.63) is 29.8 Å². The molecule has 1 aromatic carbocycles. The number of methoxy groups -OCH3 is 1. The highest BCUT2D eigenvalue weighted by Gasteiger charge is 2.67. The molecule has 5 unspecified atom stereocenters. The molecule has 1 aromatic rings. The minimum Gasteiger partial charge on any atom is -0.465 e. The van der Waals surface area contributed by atoms with E-state index in [1.807, 2.05) is 6.07 Å². The number of piperidine rings is 2. The van der Waals surface area contributed by atoms with E-state index in [-0.39, 0.29) is 11.5 Å². The third-order valence-corrected chi connectivity index (χ3v) is 7.96. The second-order valence-corrected chi connectivity index (χ2v) is 8.95. The van der Waals surface area contributed by atoms with Gasteiger partial charge in [-0.25, -0.2) is 4.79 Å². The van der Waals surface area contributed by atoms with Crippen molar-refractivity contribution in [1.82, 2.24) is 4.90 Å². The maximum Gasteiger partial charge on any atom is 0.359 e. The number of rotatable bonds is 2.